The third-order valence-electron chi connectivity index (χ3n) is 3.48. The van der Waals surface area contributed by atoms with E-state index in [9.17, 15) is 4.55 Å². The topological polar surface area (TPSA) is 23.1 Å². The van der Waals surface area contributed by atoms with Crippen molar-refractivity contribution >= 4 is 11.2 Å². The van der Waals surface area contributed by atoms with E-state index in [2.05, 4.69) is 52.0 Å². The van der Waals surface area contributed by atoms with Gasteiger partial charge in [-0.1, -0.05) is 52.0 Å². The van der Waals surface area contributed by atoms with Gasteiger partial charge in [-0.25, -0.2) is 0 Å². The Hall–Kier alpha value is -1.25. The summed E-state index contributed by atoms with van der Waals surface area (Å²) in [6.45, 7) is 8.62. The molecule has 2 rings (SSSR count). The molecule has 0 saturated carbocycles. The molecule has 0 saturated heterocycles. The zero-order valence-corrected chi connectivity index (χ0v) is 13.4. The van der Waals surface area contributed by atoms with Gasteiger partial charge in [0.05, 0.1) is 0 Å². The molecule has 2 aromatic rings. The maximum absolute atomic E-state index is 12.7. The average molecular weight is 286 g/mol. The number of hydrogen-bond acceptors (Lipinski definition) is 1. The van der Waals surface area contributed by atoms with E-state index in [1.54, 1.807) is 0 Å². The summed E-state index contributed by atoms with van der Waals surface area (Å²) in [5.41, 5.74) is 2.46. The molecular formula is C18H22OS. The van der Waals surface area contributed by atoms with E-state index in [1.165, 1.54) is 11.1 Å². The third-order valence-corrected chi connectivity index (χ3v) is 4.84. The molecular weight excluding hydrogens is 264 g/mol. The van der Waals surface area contributed by atoms with Gasteiger partial charge in [0, 0.05) is 11.2 Å². The SMILES string of the molecule is CC(C)c1cccc([S+]([O-])c2cccc(C(C)C)c2)c1. The maximum Gasteiger partial charge on any atom is 0.158 e. The monoisotopic (exact) mass is 286 g/mol. The highest BCUT2D eigenvalue weighted by Crippen LogP contribution is 2.26. The average Bonchev–Trinajstić information content (AvgIpc) is 2.46. The van der Waals surface area contributed by atoms with Crippen molar-refractivity contribution in [2.24, 2.45) is 0 Å². The van der Waals surface area contributed by atoms with Gasteiger partial charge in [0.2, 0.25) is 0 Å². The van der Waals surface area contributed by atoms with Crippen LogP contribution in [0.2, 0.25) is 0 Å². The van der Waals surface area contributed by atoms with Gasteiger partial charge in [-0.05, 0) is 47.2 Å². The fourth-order valence-electron chi connectivity index (χ4n) is 2.11. The Kier molecular flexibility index (Phi) is 4.90. The first-order valence-corrected chi connectivity index (χ1v) is 8.25. The van der Waals surface area contributed by atoms with E-state index in [0.717, 1.165) is 9.79 Å². The summed E-state index contributed by atoms with van der Waals surface area (Å²) in [6.07, 6.45) is 0. The number of rotatable bonds is 4. The highest BCUT2D eigenvalue weighted by Gasteiger charge is 2.16. The van der Waals surface area contributed by atoms with Gasteiger partial charge in [-0.2, -0.15) is 0 Å². The fraction of sp³-hybridized carbons (Fsp3) is 0.333. The normalized spacial score (nSPS) is 11.6. The van der Waals surface area contributed by atoms with E-state index in [0.29, 0.717) is 11.8 Å². The van der Waals surface area contributed by atoms with Crippen LogP contribution in [0.4, 0.5) is 0 Å². The van der Waals surface area contributed by atoms with Crippen LogP contribution in [0, 0.1) is 0 Å². The first-order chi connectivity index (χ1) is 9.49. The minimum atomic E-state index is -1.10. The third kappa shape index (κ3) is 3.44. The van der Waals surface area contributed by atoms with Crippen LogP contribution in [0.5, 0.6) is 0 Å². The van der Waals surface area contributed by atoms with Gasteiger partial charge in [0.15, 0.2) is 9.79 Å². The fourth-order valence-corrected chi connectivity index (χ4v) is 3.28. The van der Waals surface area contributed by atoms with E-state index >= 15 is 0 Å². The molecule has 0 amide bonds. The second-order valence-corrected chi connectivity index (χ2v) is 7.20. The predicted octanol–water partition coefficient (Wildman–Crippen LogP) is 5.10. The Morgan fingerprint density at radius 3 is 1.50 bits per heavy atom. The van der Waals surface area contributed by atoms with E-state index in [1.807, 2.05) is 24.3 Å². The van der Waals surface area contributed by atoms with Crippen molar-refractivity contribution < 1.29 is 4.55 Å². The summed E-state index contributed by atoms with van der Waals surface area (Å²) < 4.78 is 12.7. The van der Waals surface area contributed by atoms with Gasteiger partial charge in [0.1, 0.15) is 0 Å². The minimum Gasteiger partial charge on any atom is -0.606 e. The van der Waals surface area contributed by atoms with Crippen LogP contribution >= 0.6 is 0 Å². The van der Waals surface area contributed by atoms with Crippen LogP contribution in [-0.4, -0.2) is 4.55 Å². The molecule has 0 N–H and O–H groups in total. The molecule has 0 aromatic heterocycles. The molecule has 0 atom stereocenters. The smallest absolute Gasteiger partial charge is 0.158 e. The van der Waals surface area contributed by atoms with Gasteiger partial charge < -0.3 is 4.55 Å². The molecule has 0 aliphatic carbocycles. The minimum absolute atomic E-state index is 0.453. The molecule has 0 aliphatic heterocycles. The van der Waals surface area contributed by atoms with Crippen molar-refractivity contribution in [3.8, 4) is 0 Å². The molecule has 0 heterocycles. The number of hydrogen-bond donors (Lipinski definition) is 0. The van der Waals surface area contributed by atoms with Crippen molar-refractivity contribution in [1.29, 1.82) is 0 Å². The Morgan fingerprint density at radius 2 is 1.15 bits per heavy atom. The summed E-state index contributed by atoms with van der Waals surface area (Å²) in [5.74, 6) is 0.905. The van der Waals surface area contributed by atoms with Crippen LogP contribution in [0.15, 0.2) is 58.3 Å². The lowest BCUT2D eigenvalue weighted by Crippen LogP contribution is -2.04. The largest absolute Gasteiger partial charge is 0.606 e. The second-order valence-electron chi connectivity index (χ2n) is 5.72. The molecule has 0 fully saturated rings. The lowest BCUT2D eigenvalue weighted by molar-refractivity contribution is 0.594. The maximum atomic E-state index is 12.7. The molecule has 20 heavy (non-hydrogen) atoms. The molecule has 0 aliphatic rings. The first kappa shape index (κ1) is 15.1. The number of benzene rings is 2. The highest BCUT2D eigenvalue weighted by atomic mass is 32.2. The zero-order valence-electron chi connectivity index (χ0n) is 12.6. The first-order valence-electron chi connectivity index (χ1n) is 7.10. The van der Waals surface area contributed by atoms with Crippen molar-refractivity contribution in [3.63, 3.8) is 0 Å². The Bertz CT molecular complexity index is 524. The lowest BCUT2D eigenvalue weighted by Gasteiger charge is -2.14. The summed E-state index contributed by atoms with van der Waals surface area (Å²) in [7, 11) is 0. The molecule has 106 valence electrons. The van der Waals surface area contributed by atoms with Crippen LogP contribution in [0.25, 0.3) is 0 Å². The van der Waals surface area contributed by atoms with Crippen molar-refractivity contribution in [3.05, 3.63) is 59.7 Å². The van der Waals surface area contributed by atoms with Crippen molar-refractivity contribution in [2.75, 3.05) is 0 Å². The Balaban J connectivity index is 2.33. The van der Waals surface area contributed by atoms with Gasteiger partial charge >= 0.3 is 0 Å². The van der Waals surface area contributed by atoms with Crippen LogP contribution in [-0.2, 0) is 11.2 Å². The second kappa shape index (κ2) is 6.47. The summed E-state index contributed by atoms with van der Waals surface area (Å²) in [5, 5.41) is 0. The molecule has 1 nitrogen and oxygen atoms in total. The Labute approximate surface area is 125 Å². The standard InChI is InChI=1S/C18H22OS/c1-13(2)15-7-5-9-17(11-15)20(19)18-10-6-8-16(12-18)14(3)4/h5-14H,1-4H3. The van der Waals surface area contributed by atoms with Crippen molar-refractivity contribution in [1.82, 2.24) is 0 Å². The molecule has 2 aromatic carbocycles. The summed E-state index contributed by atoms with van der Waals surface area (Å²) in [6, 6.07) is 16.2. The van der Waals surface area contributed by atoms with Gasteiger partial charge in [0.25, 0.3) is 0 Å². The van der Waals surface area contributed by atoms with Crippen LogP contribution in [0.3, 0.4) is 0 Å². The van der Waals surface area contributed by atoms with E-state index in [4.69, 9.17) is 0 Å². The van der Waals surface area contributed by atoms with E-state index in [-0.39, 0.29) is 0 Å². The van der Waals surface area contributed by atoms with Crippen LogP contribution < -0.4 is 0 Å². The molecule has 0 bridgehead atoms. The molecule has 0 spiro atoms. The highest BCUT2D eigenvalue weighted by molar-refractivity contribution is 7.91. The molecule has 0 radical (unpaired) electrons. The van der Waals surface area contributed by atoms with Gasteiger partial charge in [-0.15, -0.1) is 0 Å². The predicted molar refractivity (Wildman–Crippen MR) is 85.7 cm³/mol. The quantitative estimate of drug-likeness (QED) is 0.717. The Morgan fingerprint density at radius 1 is 0.750 bits per heavy atom. The van der Waals surface area contributed by atoms with E-state index < -0.39 is 11.2 Å². The molecule has 0 unspecified atom stereocenters. The van der Waals surface area contributed by atoms with Gasteiger partial charge in [-0.3, -0.25) is 0 Å². The summed E-state index contributed by atoms with van der Waals surface area (Å²) in [4.78, 5) is 1.77. The van der Waals surface area contributed by atoms with Crippen molar-refractivity contribution in [2.45, 2.75) is 49.3 Å². The summed E-state index contributed by atoms with van der Waals surface area (Å²) >= 11 is -1.10. The lowest BCUT2D eigenvalue weighted by atomic mass is 10.0. The van der Waals surface area contributed by atoms with Crippen LogP contribution in [0.1, 0.15) is 50.7 Å². The molecule has 2 heteroatoms. The zero-order chi connectivity index (χ0) is 14.7.